The van der Waals surface area contributed by atoms with Gasteiger partial charge in [0.15, 0.2) is 0 Å². The summed E-state index contributed by atoms with van der Waals surface area (Å²) in [5.41, 5.74) is 3.52. The fourth-order valence-electron chi connectivity index (χ4n) is 3.53. The number of hydrogen-bond donors (Lipinski definition) is 2. The molecule has 1 aliphatic rings. The lowest BCUT2D eigenvalue weighted by molar-refractivity contribution is -0.142. The van der Waals surface area contributed by atoms with Gasteiger partial charge in [0.25, 0.3) is 5.91 Å². The molecule has 1 saturated heterocycles. The molecule has 1 aliphatic heterocycles. The van der Waals surface area contributed by atoms with Gasteiger partial charge >= 0.3 is 5.97 Å². The summed E-state index contributed by atoms with van der Waals surface area (Å²) in [6.45, 7) is 7.44. The highest BCUT2D eigenvalue weighted by Crippen LogP contribution is 2.31. The van der Waals surface area contributed by atoms with Gasteiger partial charge in [-0.25, -0.2) is 0 Å². The van der Waals surface area contributed by atoms with Crippen molar-refractivity contribution in [3.05, 3.63) is 65.2 Å². The number of hydrogen-bond acceptors (Lipinski definition) is 3. The molecule has 3 rings (SSSR count). The quantitative estimate of drug-likeness (QED) is 0.822. The summed E-state index contributed by atoms with van der Waals surface area (Å²) in [5, 5.41) is 12.2. The average Bonchev–Trinajstić information content (AvgIpc) is 2.59. The number of nitrogens with zero attached hydrogens (tertiary/aromatic N) is 1. The van der Waals surface area contributed by atoms with Gasteiger partial charge < -0.3 is 15.3 Å². The van der Waals surface area contributed by atoms with Gasteiger partial charge in [-0.3, -0.25) is 9.59 Å². The summed E-state index contributed by atoms with van der Waals surface area (Å²) in [5.74, 6) is -0.551. The zero-order valence-corrected chi connectivity index (χ0v) is 16.0. The molecule has 0 spiro atoms. The Kier molecular flexibility index (Phi) is 5.61. The minimum Gasteiger partial charge on any atom is -0.480 e. The lowest BCUT2D eigenvalue weighted by Gasteiger charge is -2.36. The number of aryl methyl sites for hydroxylation is 1. The SMILES string of the molecule is Cc1cc(C2CNC2C(=O)O)ccc1N(CC(C)C)C(=O)c1ccccc1. The molecular formula is C22H26N2O3. The van der Waals surface area contributed by atoms with Crippen molar-refractivity contribution in [3.8, 4) is 0 Å². The Balaban J connectivity index is 1.91. The van der Waals surface area contributed by atoms with E-state index in [9.17, 15) is 14.7 Å². The molecule has 5 nitrogen and oxygen atoms in total. The summed E-state index contributed by atoms with van der Waals surface area (Å²) < 4.78 is 0. The lowest BCUT2D eigenvalue weighted by atomic mass is 9.84. The van der Waals surface area contributed by atoms with Crippen LogP contribution in [0.2, 0.25) is 0 Å². The zero-order valence-electron chi connectivity index (χ0n) is 16.0. The van der Waals surface area contributed by atoms with Crippen LogP contribution >= 0.6 is 0 Å². The van der Waals surface area contributed by atoms with E-state index in [-0.39, 0.29) is 11.8 Å². The normalized spacial score (nSPS) is 18.8. The Morgan fingerprint density at radius 2 is 1.89 bits per heavy atom. The van der Waals surface area contributed by atoms with Gasteiger partial charge in [0.05, 0.1) is 0 Å². The second-order valence-electron chi connectivity index (χ2n) is 7.55. The molecule has 1 amide bonds. The maximum absolute atomic E-state index is 13.1. The van der Waals surface area contributed by atoms with E-state index >= 15 is 0 Å². The van der Waals surface area contributed by atoms with Gasteiger partial charge in [0.1, 0.15) is 6.04 Å². The topological polar surface area (TPSA) is 69.6 Å². The largest absolute Gasteiger partial charge is 0.480 e. The van der Waals surface area contributed by atoms with Crippen molar-refractivity contribution in [2.75, 3.05) is 18.0 Å². The molecule has 1 fully saturated rings. The molecule has 5 heteroatoms. The third kappa shape index (κ3) is 4.03. The van der Waals surface area contributed by atoms with Crippen LogP contribution in [0.4, 0.5) is 5.69 Å². The number of amides is 1. The third-order valence-electron chi connectivity index (χ3n) is 4.98. The first-order valence-corrected chi connectivity index (χ1v) is 9.32. The number of nitrogens with one attached hydrogen (secondary N) is 1. The van der Waals surface area contributed by atoms with Gasteiger partial charge in [0.2, 0.25) is 0 Å². The van der Waals surface area contributed by atoms with E-state index in [1.54, 1.807) is 0 Å². The molecular weight excluding hydrogens is 340 g/mol. The molecule has 1 heterocycles. The number of rotatable bonds is 6. The number of carbonyl (C=O) groups is 2. The Morgan fingerprint density at radius 1 is 1.19 bits per heavy atom. The second kappa shape index (κ2) is 7.92. The molecule has 27 heavy (non-hydrogen) atoms. The molecule has 2 atom stereocenters. The Hall–Kier alpha value is -2.66. The van der Waals surface area contributed by atoms with Gasteiger partial charge in [-0.15, -0.1) is 0 Å². The number of aliphatic carboxylic acids is 1. The summed E-state index contributed by atoms with van der Waals surface area (Å²) >= 11 is 0. The number of carbonyl (C=O) groups excluding carboxylic acids is 1. The molecule has 0 aliphatic carbocycles. The third-order valence-corrected chi connectivity index (χ3v) is 4.98. The zero-order chi connectivity index (χ0) is 19.6. The maximum Gasteiger partial charge on any atom is 0.321 e. The van der Waals surface area contributed by atoms with Crippen LogP contribution in [0.1, 0.15) is 41.3 Å². The number of carboxylic acids is 1. The van der Waals surface area contributed by atoms with Crippen LogP contribution in [0.3, 0.4) is 0 Å². The van der Waals surface area contributed by atoms with E-state index in [4.69, 9.17) is 0 Å². The standard InChI is InChI=1S/C22H26N2O3/c1-14(2)13-24(21(25)16-7-5-4-6-8-16)19-10-9-17(11-15(19)3)18-12-23-20(18)22(26)27/h4-11,14,18,20,23H,12-13H2,1-3H3,(H,26,27). The number of benzene rings is 2. The highest BCUT2D eigenvalue weighted by Gasteiger charge is 2.37. The lowest BCUT2D eigenvalue weighted by Crippen LogP contribution is -2.55. The predicted molar refractivity (Wildman–Crippen MR) is 106 cm³/mol. The number of anilines is 1. The van der Waals surface area contributed by atoms with Crippen LogP contribution in [0, 0.1) is 12.8 Å². The molecule has 2 unspecified atom stereocenters. The fraction of sp³-hybridized carbons (Fsp3) is 0.364. The molecule has 0 radical (unpaired) electrons. The van der Waals surface area contributed by atoms with E-state index in [0.29, 0.717) is 24.6 Å². The predicted octanol–water partition coefficient (Wildman–Crippen LogP) is 3.44. The molecule has 0 saturated carbocycles. The summed E-state index contributed by atoms with van der Waals surface area (Å²) in [6.07, 6.45) is 0. The summed E-state index contributed by atoms with van der Waals surface area (Å²) in [7, 11) is 0. The molecule has 0 aromatic heterocycles. The minimum absolute atomic E-state index is 0.0196. The molecule has 0 bridgehead atoms. The van der Waals surface area contributed by atoms with Crippen molar-refractivity contribution >= 4 is 17.6 Å². The van der Waals surface area contributed by atoms with Crippen molar-refractivity contribution < 1.29 is 14.7 Å². The van der Waals surface area contributed by atoms with Crippen LogP contribution in [-0.4, -0.2) is 36.1 Å². The van der Waals surface area contributed by atoms with Crippen LogP contribution in [0.5, 0.6) is 0 Å². The van der Waals surface area contributed by atoms with E-state index < -0.39 is 12.0 Å². The smallest absolute Gasteiger partial charge is 0.321 e. The first kappa shape index (κ1) is 19.1. The van der Waals surface area contributed by atoms with Gasteiger partial charge in [0, 0.05) is 30.3 Å². The van der Waals surface area contributed by atoms with Gasteiger partial charge in [-0.1, -0.05) is 44.2 Å². The van der Waals surface area contributed by atoms with Gasteiger partial charge in [-0.05, 0) is 42.2 Å². The second-order valence-corrected chi connectivity index (χ2v) is 7.55. The van der Waals surface area contributed by atoms with Crippen molar-refractivity contribution in [2.45, 2.75) is 32.7 Å². The Bertz CT molecular complexity index is 833. The number of carboxylic acid groups (broad SMARTS) is 1. The molecule has 2 aromatic rings. The maximum atomic E-state index is 13.1. The molecule has 2 N–H and O–H groups in total. The van der Waals surface area contributed by atoms with Crippen molar-refractivity contribution in [2.24, 2.45) is 5.92 Å². The summed E-state index contributed by atoms with van der Waals surface area (Å²) in [4.78, 5) is 26.2. The first-order valence-electron chi connectivity index (χ1n) is 9.32. The van der Waals surface area contributed by atoms with E-state index in [1.165, 1.54) is 0 Å². The van der Waals surface area contributed by atoms with Crippen LogP contribution in [-0.2, 0) is 4.79 Å². The molecule has 2 aromatic carbocycles. The van der Waals surface area contributed by atoms with E-state index in [0.717, 1.165) is 16.8 Å². The minimum atomic E-state index is -0.825. The summed E-state index contributed by atoms with van der Waals surface area (Å²) in [6, 6.07) is 14.7. The van der Waals surface area contributed by atoms with Crippen LogP contribution < -0.4 is 10.2 Å². The molecule has 142 valence electrons. The monoisotopic (exact) mass is 366 g/mol. The highest BCUT2D eigenvalue weighted by molar-refractivity contribution is 6.06. The average molecular weight is 366 g/mol. The van der Waals surface area contributed by atoms with Crippen molar-refractivity contribution in [1.82, 2.24) is 5.32 Å². The first-order chi connectivity index (χ1) is 12.9. The highest BCUT2D eigenvalue weighted by atomic mass is 16.4. The van der Waals surface area contributed by atoms with Crippen LogP contribution in [0.25, 0.3) is 0 Å². The van der Waals surface area contributed by atoms with Crippen molar-refractivity contribution in [1.29, 1.82) is 0 Å². The van der Waals surface area contributed by atoms with E-state index in [1.807, 2.05) is 60.4 Å². The van der Waals surface area contributed by atoms with Crippen molar-refractivity contribution in [3.63, 3.8) is 0 Å². The van der Waals surface area contributed by atoms with Crippen LogP contribution in [0.15, 0.2) is 48.5 Å². The Morgan fingerprint density at radius 3 is 2.41 bits per heavy atom. The van der Waals surface area contributed by atoms with Gasteiger partial charge in [-0.2, -0.15) is 0 Å². The van der Waals surface area contributed by atoms with E-state index in [2.05, 4.69) is 19.2 Å². The Labute approximate surface area is 160 Å². The fourth-order valence-corrected chi connectivity index (χ4v) is 3.53.